The van der Waals surface area contributed by atoms with E-state index in [-0.39, 0.29) is 17.2 Å². The van der Waals surface area contributed by atoms with Gasteiger partial charge in [0.15, 0.2) is 0 Å². The van der Waals surface area contributed by atoms with Gasteiger partial charge in [0, 0.05) is 22.9 Å². The van der Waals surface area contributed by atoms with Crippen LogP contribution in [0, 0.1) is 30.9 Å². The Bertz CT molecular complexity index is 1460. The standard InChI is InChI=1S/C24H20N4O4/c1-14-13-18(27-16(3)25-21-7-5-4-6-19(21)24(27)30)9-10-20(14)26-23(29)17-8-11-22(28(31)32)15(2)12-17/h4-13H,1-3H3,(H,26,29). The van der Waals surface area contributed by atoms with Gasteiger partial charge in [0.1, 0.15) is 5.82 Å². The molecule has 0 atom stereocenters. The first-order chi connectivity index (χ1) is 15.3. The van der Waals surface area contributed by atoms with Crippen molar-refractivity contribution in [1.29, 1.82) is 0 Å². The minimum Gasteiger partial charge on any atom is -0.322 e. The largest absolute Gasteiger partial charge is 0.322 e. The molecule has 1 heterocycles. The number of nitro benzene ring substituents is 1. The Morgan fingerprint density at radius 3 is 2.44 bits per heavy atom. The van der Waals surface area contributed by atoms with Gasteiger partial charge in [-0.3, -0.25) is 24.3 Å². The Labute approximate surface area is 183 Å². The number of nitro groups is 1. The van der Waals surface area contributed by atoms with Gasteiger partial charge in [-0.1, -0.05) is 12.1 Å². The van der Waals surface area contributed by atoms with Crippen LogP contribution in [-0.2, 0) is 0 Å². The molecule has 3 aromatic carbocycles. The lowest BCUT2D eigenvalue weighted by Crippen LogP contribution is -2.22. The number of aryl methyl sites for hydroxylation is 3. The SMILES string of the molecule is Cc1cc(-n2c(C)nc3ccccc3c2=O)ccc1NC(=O)c1ccc([N+](=O)[O-])c(C)c1. The van der Waals surface area contributed by atoms with Crippen molar-refractivity contribution >= 4 is 28.2 Å². The van der Waals surface area contributed by atoms with E-state index in [0.29, 0.717) is 39.2 Å². The summed E-state index contributed by atoms with van der Waals surface area (Å²) in [5, 5.41) is 14.3. The Morgan fingerprint density at radius 1 is 1.00 bits per heavy atom. The third kappa shape index (κ3) is 3.74. The van der Waals surface area contributed by atoms with Gasteiger partial charge >= 0.3 is 0 Å². The molecule has 0 fully saturated rings. The number of nitrogens with one attached hydrogen (secondary N) is 1. The summed E-state index contributed by atoms with van der Waals surface area (Å²) in [6.45, 7) is 5.19. The summed E-state index contributed by atoms with van der Waals surface area (Å²) >= 11 is 0. The lowest BCUT2D eigenvalue weighted by Gasteiger charge is -2.14. The number of rotatable bonds is 4. The molecule has 1 aromatic heterocycles. The van der Waals surface area contributed by atoms with Gasteiger partial charge in [-0.2, -0.15) is 0 Å². The fourth-order valence-corrected chi connectivity index (χ4v) is 3.67. The number of benzene rings is 3. The normalized spacial score (nSPS) is 10.8. The zero-order valence-corrected chi connectivity index (χ0v) is 17.7. The number of carbonyl (C=O) groups excluding carboxylic acids is 1. The number of hydrogen-bond donors (Lipinski definition) is 1. The van der Waals surface area contributed by atoms with Crippen molar-refractivity contribution in [3.05, 3.63) is 104 Å². The van der Waals surface area contributed by atoms with Crippen molar-refractivity contribution in [3.63, 3.8) is 0 Å². The number of fused-ring (bicyclic) bond motifs is 1. The van der Waals surface area contributed by atoms with Crippen molar-refractivity contribution < 1.29 is 9.72 Å². The van der Waals surface area contributed by atoms with Crippen molar-refractivity contribution in [2.75, 3.05) is 5.32 Å². The highest BCUT2D eigenvalue weighted by molar-refractivity contribution is 6.05. The highest BCUT2D eigenvalue weighted by Crippen LogP contribution is 2.23. The van der Waals surface area contributed by atoms with Crippen LogP contribution in [0.4, 0.5) is 11.4 Å². The van der Waals surface area contributed by atoms with Gasteiger partial charge in [-0.25, -0.2) is 4.98 Å². The summed E-state index contributed by atoms with van der Waals surface area (Å²) in [5.74, 6) is 0.186. The predicted molar refractivity (Wildman–Crippen MR) is 123 cm³/mol. The molecule has 4 aromatic rings. The highest BCUT2D eigenvalue weighted by atomic mass is 16.6. The molecule has 1 amide bonds. The molecular weight excluding hydrogens is 408 g/mol. The molecule has 1 N–H and O–H groups in total. The van der Waals surface area contributed by atoms with Gasteiger partial charge in [-0.05, 0) is 68.8 Å². The molecule has 0 bridgehead atoms. The number of para-hydroxylation sites is 1. The molecule has 8 nitrogen and oxygen atoms in total. The maximum absolute atomic E-state index is 13.0. The zero-order chi connectivity index (χ0) is 23.0. The molecule has 0 unspecified atom stereocenters. The molecule has 0 aliphatic rings. The molecule has 0 aliphatic carbocycles. The maximum Gasteiger partial charge on any atom is 0.272 e. The second-order valence-electron chi connectivity index (χ2n) is 7.53. The number of carbonyl (C=O) groups is 1. The van der Waals surface area contributed by atoms with Crippen LogP contribution in [0.3, 0.4) is 0 Å². The average molecular weight is 428 g/mol. The van der Waals surface area contributed by atoms with Gasteiger partial charge in [0.2, 0.25) is 0 Å². The Morgan fingerprint density at radius 2 is 1.75 bits per heavy atom. The van der Waals surface area contributed by atoms with Crippen LogP contribution in [-0.4, -0.2) is 20.4 Å². The van der Waals surface area contributed by atoms with Crippen LogP contribution in [0.15, 0.2) is 65.5 Å². The van der Waals surface area contributed by atoms with E-state index >= 15 is 0 Å². The first-order valence-electron chi connectivity index (χ1n) is 9.92. The molecule has 0 spiro atoms. The minimum atomic E-state index is -0.481. The van der Waals surface area contributed by atoms with E-state index in [4.69, 9.17) is 0 Å². The van der Waals surface area contributed by atoms with E-state index in [1.165, 1.54) is 18.2 Å². The monoisotopic (exact) mass is 428 g/mol. The molecule has 0 saturated heterocycles. The first kappa shape index (κ1) is 20.9. The second-order valence-corrected chi connectivity index (χ2v) is 7.53. The predicted octanol–water partition coefficient (Wildman–Crippen LogP) is 4.47. The summed E-state index contributed by atoms with van der Waals surface area (Å²) in [7, 11) is 0. The van der Waals surface area contributed by atoms with Gasteiger partial charge < -0.3 is 5.32 Å². The number of anilines is 1. The van der Waals surface area contributed by atoms with Gasteiger partial charge in [0.05, 0.1) is 21.5 Å². The molecular formula is C24H20N4O4. The molecule has 0 radical (unpaired) electrons. The van der Waals surface area contributed by atoms with E-state index in [1.54, 1.807) is 48.7 Å². The lowest BCUT2D eigenvalue weighted by atomic mass is 10.1. The van der Waals surface area contributed by atoms with Crippen molar-refractivity contribution in [2.24, 2.45) is 0 Å². The molecule has 4 rings (SSSR count). The van der Waals surface area contributed by atoms with E-state index < -0.39 is 4.92 Å². The summed E-state index contributed by atoms with van der Waals surface area (Å²) in [6.07, 6.45) is 0. The van der Waals surface area contributed by atoms with Crippen LogP contribution in [0.1, 0.15) is 27.3 Å². The molecule has 32 heavy (non-hydrogen) atoms. The maximum atomic E-state index is 13.0. The van der Waals surface area contributed by atoms with Crippen molar-refractivity contribution in [1.82, 2.24) is 9.55 Å². The third-order valence-corrected chi connectivity index (χ3v) is 5.32. The van der Waals surface area contributed by atoms with Crippen molar-refractivity contribution in [2.45, 2.75) is 20.8 Å². The second kappa shape index (κ2) is 8.07. The van der Waals surface area contributed by atoms with Crippen LogP contribution < -0.4 is 10.9 Å². The fraction of sp³-hybridized carbons (Fsp3) is 0.125. The number of nitrogens with zero attached hydrogens (tertiary/aromatic N) is 3. The smallest absolute Gasteiger partial charge is 0.272 e. The van der Waals surface area contributed by atoms with Crippen LogP contribution in [0.5, 0.6) is 0 Å². The van der Waals surface area contributed by atoms with Gasteiger partial charge in [0.25, 0.3) is 17.2 Å². The topological polar surface area (TPSA) is 107 Å². The molecule has 0 aliphatic heterocycles. The molecule has 0 saturated carbocycles. The number of hydrogen-bond acceptors (Lipinski definition) is 5. The number of amides is 1. The van der Waals surface area contributed by atoms with E-state index in [2.05, 4.69) is 10.3 Å². The van der Waals surface area contributed by atoms with Crippen LogP contribution in [0.25, 0.3) is 16.6 Å². The van der Waals surface area contributed by atoms with E-state index in [0.717, 1.165) is 5.56 Å². The first-order valence-corrected chi connectivity index (χ1v) is 9.92. The lowest BCUT2D eigenvalue weighted by molar-refractivity contribution is -0.385. The Hall–Kier alpha value is -4.33. The van der Waals surface area contributed by atoms with Crippen LogP contribution in [0.2, 0.25) is 0 Å². The average Bonchev–Trinajstić information content (AvgIpc) is 2.75. The van der Waals surface area contributed by atoms with Crippen LogP contribution >= 0.6 is 0 Å². The Balaban J connectivity index is 1.66. The summed E-state index contributed by atoms with van der Waals surface area (Å²) in [4.78, 5) is 40.7. The molecule has 8 heteroatoms. The van der Waals surface area contributed by atoms with Gasteiger partial charge in [-0.15, -0.1) is 0 Å². The molecule has 160 valence electrons. The van der Waals surface area contributed by atoms with E-state index in [9.17, 15) is 19.7 Å². The Kier molecular flexibility index (Phi) is 5.28. The highest BCUT2D eigenvalue weighted by Gasteiger charge is 2.15. The summed E-state index contributed by atoms with van der Waals surface area (Å²) in [6, 6.07) is 16.7. The summed E-state index contributed by atoms with van der Waals surface area (Å²) in [5.41, 5.74) is 3.16. The quantitative estimate of drug-likeness (QED) is 0.381. The van der Waals surface area contributed by atoms with E-state index in [1.807, 2.05) is 19.1 Å². The minimum absolute atomic E-state index is 0.0353. The zero-order valence-electron chi connectivity index (χ0n) is 17.7. The fourth-order valence-electron chi connectivity index (χ4n) is 3.67. The van der Waals surface area contributed by atoms with Crippen molar-refractivity contribution in [3.8, 4) is 5.69 Å². The summed E-state index contributed by atoms with van der Waals surface area (Å²) < 4.78 is 1.54. The number of aromatic nitrogens is 2. The third-order valence-electron chi connectivity index (χ3n) is 5.32.